The molecule has 0 radical (unpaired) electrons. The number of hydrogen-bond acceptors (Lipinski definition) is 6. The zero-order chi connectivity index (χ0) is 22.1. The summed E-state index contributed by atoms with van der Waals surface area (Å²) < 4.78 is 15.2. The van der Waals surface area contributed by atoms with Gasteiger partial charge in [0.25, 0.3) is 5.91 Å². The molecule has 0 fully saturated rings. The van der Waals surface area contributed by atoms with Crippen LogP contribution in [0.1, 0.15) is 52.5 Å². The minimum Gasteiger partial charge on any atom is -0.497 e. The van der Waals surface area contributed by atoms with Crippen LogP contribution in [0.4, 0.5) is 0 Å². The van der Waals surface area contributed by atoms with Crippen molar-refractivity contribution in [1.29, 1.82) is 0 Å². The molecule has 2 rings (SSSR count). The monoisotopic (exact) mass is 413 g/mol. The molecule has 1 N–H and O–H groups in total. The minimum absolute atomic E-state index is 0.275. The Labute approximate surface area is 176 Å². The van der Waals surface area contributed by atoms with E-state index in [4.69, 9.17) is 14.2 Å². The first kappa shape index (κ1) is 22.9. The second-order valence-corrected chi connectivity index (χ2v) is 6.80. The number of ether oxygens (including phenoxy) is 3. The van der Waals surface area contributed by atoms with Gasteiger partial charge in [-0.1, -0.05) is 38.1 Å². The lowest BCUT2D eigenvalue weighted by molar-refractivity contribution is -0.141. The van der Waals surface area contributed by atoms with Gasteiger partial charge in [0.15, 0.2) is 12.4 Å². The fourth-order valence-corrected chi connectivity index (χ4v) is 2.71. The Bertz CT molecular complexity index is 869. The summed E-state index contributed by atoms with van der Waals surface area (Å²) in [5, 5.41) is 2.46. The van der Waals surface area contributed by atoms with Gasteiger partial charge < -0.3 is 19.5 Å². The van der Waals surface area contributed by atoms with Gasteiger partial charge in [-0.2, -0.15) is 0 Å². The van der Waals surface area contributed by atoms with Crippen molar-refractivity contribution >= 4 is 17.7 Å². The lowest BCUT2D eigenvalue weighted by Gasteiger charge is -2.10. The molecule has 0 unspecified atom stereocenters. The molecule has 30 heavy (non-hydrogen) atoms. The third-order valence-corrected chi connectivity index (χ3v) is 4.79. The van der Waals surface area contributed by atoms with Gasteiger partial charge in [-0.3, -0.25) is 14.4 Å². The topological polar surface area (TPSA) is 90.9 Å². The molecular weight excluding hydrogens is 386 g/mol. The highest BCUT2D eigenvalue weighted by atomic mass is 16.5. The third-order valence-electron chi connectivity index (χ3n) is 4.79. The Kier molecular flexibility index (Phi) is 8.41. The van der Waals surface area contributed by atoms with Crippen LogP contribution >= 0.6 is 0 Å². The third kappa shape index (κ3) is 6.34. The van der Waals surface area contributed by atoms with Crippen LogP contribution in [-0.2, 0) is 9.53 Å². The molecule has 0 spiro atoms. The Morgan fingerprint density at radius 2 is 1.53 bits per heavy atom. The standard InChI is InChI=1S/C23H27NO6/c1-5-15(2)16-6-8-17(9-7-16)21(25)14-30-22(26)13-24-23(27)18-10-19(28-3)12-20(11-18)29-4/h6-12,15H,5,13-14H2,1-4H3,(H,24,27)/t15-/m0/s1. The van der Waals surface area contributed by atoms with Gasteiger partial charge in [0.1, 0.15) is 18.0 Å². The number of ketones is 1. The zero-order valence-electron chi connectivity index (χ0n) is 17.7. The first-order valence-corrected chi connectivity index (χ1v) is 9.68. The lowest BCUT2D eigenvalue weighted by Crippen LogP contribution is -2.31. The SMILES string of the molecule is CC[C@H](C)c1ccc(C(=O)COC(=O)CNC(=O)c2cc(OC)cc(OC)c2)cc1. The van der Waals surface area contributed by atoms with Crippen molar-refractivity contribution in [1.82, 2.24) is 5.32 Å². The molecule has 7 nitrogen and oxygen atoms in total. The molecule has 0 aromatic heterocycles. The molecule has 0 bridgehead atoms. The minimum atomic E-state index is -0.706. The number of Topliss-reactive ketones (excluding diaryl/α,β-unsaturated/α-hetero) is 1. The first-order chi connectivity index (χ1) is 14.4. The van der Waals surface area contributed by atoms with Crippen LogP contribution in [0, 0.1) is 0 Å². The summed E-state index contributed by atoms with van der Waals surface area (Å²) in [6.07, 6.45) is 1.01. The van der Waals surface area contributed by atoms with Crippen molar-refractivity contribution in [2.75, 3.05) is 27.4 Å². The number of rotatable bonds is 10. The van der Waals surface area contributed by atoms with E-state index in [1.807, 2.05) is 12.1 Å². The number of esters is 1. The predicted molar refractivity (Wildman–Crippen MR) is 112 cm³/mol. The van der Waals surface area contributed by atoms with Crippen molar-refractivity contribution in [3.63, 3.8) is 0 Å². The highest BCUT2D eigenvalue weighted by Crippen LogP contribution is 2.22. The van der Waals surface area contributed by atoms with Gasteiger partial charge in [0.2, 0.25) is 0 Å². The number of hydrogen-bond donors (Lipinski definition) is 1. The van der Waals surface area contributed by atoms with Crippen LogP contribution in [0.15, 0.2) is 42.5 Å². The van der Waals surface area contributed by atoms with E-state index in [1.54, 1.807) is 18.2 Å². The Morgan fingerprint density at radius 3 is 2.07 bits per heavy atom. The normalized spacial score (nSPS) is 11.3. The maximum Gasteiger partial charge on any atom is 0.325 e. The average molecular weight is 413 g/mol. The largest absolute Gasteiger partial charge is 0.497 e. The summed E-state index contributed by atoms with van der Waals surface area (Å²) in [7, 11) is 2.95. The maximum absolute atomic E-state index is 12.3. The summed E-state index contributed by atoms with van der Waals surface area (Å²) in [6, 6.07) is 12.0. The molecule has 1 amide bonds. The molecule has 160 valence electrons. The smallest absolute Gasteiger partial charge is 0.325 e. The summed E-state index contributed by atoms with van der Waals surface area (Å²) in [5.41, 5.74) is 1.90. The van der Waals surface area contributed by atoms with E-state index in [0.29, 0.717) is 23.0 Å². The number of amides is 1. The Morgan fingerprint density at radius 1 is 0.933 bits per heavy atom. The average Bonchev–Trinajstić information content (AvgIpc) is 2.79. The van der Waals surface area contributed by atoms with Gasteiger partial charge in [0, 0.05) is 17.2 Å². The maximum atomic E-state index is 12.3. The van der Waals surface area contributed by atoms with Gasteiger partial charge >= 0.3 is 5.97 Å². The Hall–Kier alpha value is -3.35. The van der Waals surface area contributed by atoms with Crippen LogP contribution in [-0.4, -0.2) is 45.0 Å². The number of nitrogens with one attached hydrogen (secondary N) is 1. The summed E-state index contributed by atoms with van der Waals surface area (Å²) in [4.78, 5) is 36.4. The highest BCUT2D eigenvalue weighted by Gasteiger charge is 2.14. The molecule has 2 aromatic rings. The molecule has 0 aliphatic carbocycles. The van der Waals surface area contributed by atoms with Crippen LogP contribution < -0.4 is 14.8 Å². The molecular formula is C23H27NO6. The first-order valence-electron chi connectivity index (χ1n) is 9.68. The molecule has 2 aromatic carbocycles. The zero-order valence-corrected chi connectivity index (χ0v) is 17.7. The van der Waals surface area contributed by atoms with Crippen molar-refractivity contribution in [2.45, 2.75) is 26.2 Å². The predicted octanol–water partition coefficient (Wildman–Crippen LogP) is 3.37. The second kappa shape index (κ2) is 11.0. The summed E-state index contributed by atoms with van der Waals surface area (Å²) in [5.74, 6) is -0.180. The van der Waals surface area contributed by atoms with Crippen molar-refractivity contribution < 1.29 is 28.6 Å². The molecule has 0 aliphatic rings. The number of carbonyl (C=O) groups excluding carboxylic acids is 3. The van der Waals surface area contributed by atoms with Crippen LogP contribution in [0.2, 0.25) is 0 Å². The van der Waals surface area contributed by atoms with Crippen LogP contribution in [0.25, 0.3) is 0 Å². The molecule has 7 heteroatoms. The van der Waals surface area contributed by atoms with Crippen molar-refractivity contribution in [2.24, 2.45) is 0 Å². The molecule has 0 aliphatic heterocycles. The van der Waals surface area contributed by atoms with Gasteiger partial charge in [0.05, 0.1) is 14.2 Å². The molecule has 0 heterocycles. The van der Waals surface area contributed by atoms with Crippen LogP contribution in [0.3, 0.4) is 0 Å². The number of methoxy groups -OCH3 is 2. The quantitative estimate of drug-likeness (QED) is 0.474. The van der Waals surface area contributed by atoms with E-state index in [1.165, 1.54) is 26.4 Å². The molecule has 1 atom stereocenters. The molecule has 0 saturated carbocycles. The fraction of sp³-hybridized carbons (Fsp3) is 0.348. The number of benzene rings is 2. The van der Waals surface area contributed by atoms with E-state index in [2.05, 4.69) is 19.2 Å². The van der Waals surface area contributed by atoms with E-state index in [0.717, 1.165) is 12.0 Å². The Balaban J connectivity index is 1.84. The van der Waals surface area contributed by atoms with E-state index >= 15 is 0 Å². The molecule has 0 saturated heterocycles. The van der Waals surface area contributed by atoms with Gasteiger partial charge in [-0.05, 0) is 30.0 Å². The van der Waals surface area contributed by atoms with E-state index in [-0.39, 0.29) is 24.5 Å². The summed E-state index contributed by atoms with van der Waals surface area (Å²) in [6.45, 7) is 3.48. The highest BCUT2D eigenvalue weighted by molar-refractivity contribution is 5.99. The second-order valence-electron chi connectivity index (χ2n) is 6.80. The van der Waals surface area contributed by atoms with E-state index < -0.39 is 11.9 Å². The van der Waals surface area contributed by atoms with Gasteiger partial charge in [-0.25, -0.2) is 0 Å². The fourth-order valence-electron chi connectivity index (χ4n) is 2.71. The van der Waals surface area contributed by atoms with Crippen molar-refractivity contribution in [3.8, 4) is 11.5 Å². The van der Waals surface area contributed by atoms with E-state index in [9.17, 15) is 14.4 Å². The summed E-state index contributed by atoms with van der Waals surface area (Å²) >= 11 is 0. The number of carbonyl (C=O) groups is 3. The van der Waals surface area contributed by atoms with Gasteiger partial charge in [-0.15, -0.1) is 0 Å². The lowest BCUT2D eigenvalue weighted by atomic mass is 9.97. The van der Waals surface area contributed by atoms with Crippen LogP contribution in [0.5, 0.6) is 11.5 Å². The van der Waals surface area contributed by atoms with Crippen molar-refractivity contribution in [3.05, 3.63) is 59.2 Å².